The number of carbonyl (C=O) groups is 2. The second kappa shape index (κ2) is 7.40. The van der Waals surface area contributed by atoms with Crippen LogP contribution in [0.5, 0.6) is 0 Å². The average molecular weight is 433 g/mol. The predicted octanol–water partition coefficient (Wildman–Crippen LogP) is 1.63. The summed E-state index contributed by atoms with van der Waals surface area (Å²) in [6.07, 6.45) is 0.251. The van der Waals surface area contributed by atoms with E-state index in [1.807, 2.05) is 12.1 Å². The lowest BCUT2D eigenvalue weighted by Gasteiger charge is -2.35. The highest BCUT2D eigenvalue weighted by Crippen LogP contribution is 2.24. The van der Waals surface area contributed by atoms with Crippen LogP contribution in [-0.4, -0.2) is 44.0 Å². The monoisotopic (exact) mass is 432 g/mol. The van der Waals surface area contributed by atoms with Crippen molar-refractivity contribution in [3.8, 4) is 0 Å². The van der Waals surface area contributed by atoms with Crippen LogP contribution in [0.4, 0.5) is 15.8 Å². The summed E-state index contributed by atoms with van der Waals surface area (Å²) in [4.78, 5) is 30.0. The number of carbonyl (C=O) groups excluding carboxylic acids is 2. The molecule has 0 spiro atoms. The summed E-state index contributed by atoms with van der Waals surface area (Å²) in [6, 6.07) is 13.4. The maximum absolute atomic E-state index is 13.1. The van der Waals surface area contributed by atoms with Crippen LogP contribution in [0.1, 0.15) is 6.42 Å². The van der Waals surface area contributed by atoms with Crippen LogP contribution in [-0.2, 0) is 9.59 Å². The van der Waals surface area contributed by atoms with Crippen LogP contribution < -0.4 is 14.7 Å². The van der Waals surface area contributed by atoms with Crippen LogP contribution in [0.3, 0.4) is 0 Å². The highest BCUT2D eigenvalue weighted by molar-refractivity contribution is 9.10. The fraction of sp³-hybridized carbons (Fsp3) is 0.300. The molecule has 2 amide bonds. The van der Waals surface area contributed by atoms with Gasteiger partial charge in [0.05, 0.1) is 38.3 Å². The molecule has 0 bridgehead atoms. The molecule has 0 unspecified atom stereocenters. The van der Waals surface area contributed by atoms with Crippen LogP contribution >= 0.6 is 15.9 Å². The minimum Gasteiger partial charge on any atom is -0.360 e. The first-order valence-electron chi connectivity index (χ1n) is 9.00. The molecule has 0 aromatic heterocycles. The van der Waals surface area contributed by atoms with E-state index in [-0.39, 0.29) is 30.1 Å². The second-order valence-corrected chi connectivity index (χ2v) is 7.84. The van der Waals surface area contributed by atoms with Crippen molar-refractivity contribution in [1.82, 2.24) is 0 Å². The van der Waals surface area contributed by atoms with Gasteiger partial charge in [-0.2, -0.15) is 0 Å². The lowest BCUT2D eigenvalue weighted by atomic mass is 10.1. The molecule has 0 saturated carbocycles. The van der Waals surface area contributed by atoms with Crippen LogP contribution in [0.2, 0.25) is 0 Å². The third-order valence-electron chi connectivity index (χ3n) is 5.32. The van der Waals surface area contributed by atoms with Crippen LogP contribution in [0.15, 0.2) is 53.0 Å². The molecule has 2 aromatic carbocycles. The molecule has 0 aliphatic carbocycles. The normalized spacial score (nSPS) is 21.2. The number of amides is 2. The molecule has 4 rings (SSSR count). The molecule has 140 valence electrons. The first-order valence-corrected chi connectivity index (χ1v) is 9.80. The number of nitrogens with one attached hydrogen (secondary N) is 1. The quantitative estimate of drug-likeness (QED) is 0.749. The molecule has 0 radical (unpaired) electrons. The zero-order valence-electron chi connectivity index (χ0n) is 14.7. The van der Waals surface area contributed by atoms with Gasteiger partial charge in [0.15, 0.2) is 6.04 Å². The van der Waals surface area contributed by atoms with Gasteiger partial charge in [0.2, 0.25) is 5.91 Å². The van der Waals surface area contributed by atoms with Gasteiger partial charge in [0.1, 0.15) is 5.82 Å². The van der Waals surface area contributed by atoms with Crippen molar-refractivity contribution < 1.29 is 18.9 Å². The van der Waals surface area contributed by atoms with E-state index < -0.39 is 0 Å². The van der Waals surface area contributed by atoms with Gasteiger partial charge in [-0.05, 0) is 48.5 Å². The van der Waals surface area contributed by atoms with E-state index in [0.29, 0.717) is 5.69 Å². The molecular weight excluding hydrogens is 413 g/mol. The molecule has 2 heterocycles. The van der Waals surface area contributed by atoms with E-state index in [1.54, 1.807) is 24.3 Å². The molecule has 2 saturated heterocycles. The van der Waals surface area contributed by atoms with E-state index in [9.17, 15) is 14.0 Å². The second-order valence-electron chi connectivity index (χ2n) is 6.92. The Bertz CT molecular complexity index is 849. The van der Waals surface area contributed by atoms with Gasteiger partial charge in [-0.1, -0.05) is 15.9 Å². The molecule has 2 aromatic rings. The smallest absolute Gasteiger partial charge is 0.292 e. The van der Waals surface area contributed by atoms with Crippen molar-refractivity contribution in [2.45, 2.75) is 12.5 Å². The third kappa shape index (κ3) is 3.61. The Morgan fingerprint density at radius 1 is 0.926 bits per heavy atom. The summed E-state index contributed by atoms with van der Waals surface area (Å²) in [7, 11) is 0. The molecule has 7 heteroatoms. The zero-order valence-corrected chi connectivity index (χ0v) is 16.3. The Morgan fingerprint density at radius 2 is 1.52 bits per heavy atom. The molecule has 5 nitrogen and oxygen atoms in total. The summed E-state index contributed by atoms with van der Waals surface area (Å²) in [5.41, 5.74) is 1.61. The molecule has 2 fully saturated rings. The van der Waals surface area contributed by atoms with Crippen molar-refractivity contribution in [2.75, 3.05) is 36.0 Å². The van der Waals surface area contributed by atoms with Crippen LogP contribution in [0.25, 0.3) is 0 Å². The number of imide groups is 1. The van der Waals surface area contributed by atoms with Gasteiger partial charge >= 0.3 is 0 Å². The maximum atomic E-state index is 13.1. The number of nitrogens with zero attached hydrogens (tertiary/aromatic N) is 2. The van der Waals surface area contributed by atoms with Crippen molar-refractivity contribution in [3.05, 3.63) is 58.8 Å². The van der Waals surface area contributed by atoms with Gasteiger partial charge in [-0.15, -0.1) is 0 Å². The number of anilines is 2. The number of hydrogen-bond donors (Lipinski definition) is 1. The van der Waals surface area contributed by atoms with E-state index in [4.69, 9.17) is 0 Å². The fourth-order valence-electron chi connectivity index (χ4n) is 3.86. The lowest BCUT2D eigenvalue weighted by Crippen LogP contribution is -3.19. The van der Waals surface area contributed by atoms with Crippen LogP contribution in [0, 0.1) is 5.82 Å². The molecule has 2 aliphatic rings. The van der Waals surface area contributed by atoms with E-state index in [0.717, 1.165) is 41.2 Å². The summed E-state index contributed by atoms with van der Waals surface area (Å²) >= 11 is 3.37. The van der Waals surface area contributed by atoms with Gasteiger partial charge in [-0.3, -0.25) is 9.59 Å². The summed E-state index contributed by atoms with van der Waals surface area (Å²) in [5, 5.41) is 0. The number of halogens is 2. The van der Waals surface area contributed by atoms with E-state index in [1.165, 1.54) is 17.0 Å². The minimum atomic E-state index is -0.323. The Labute approximate surface area is 165 Å². The Hall–Kier alpha value is -2.25. The first-order chi connectivity index (χ1) is 13.0. The Balaban J connectivity index is 1.43. The first kappa shape index (κ1) is 18.1. The summed E-state index contributed by atoms with van der Waals surface area (Å²) in [5.74, 6) is -0.501. The van der Waals surface area contributed by atoms with Crippen molar-refractivity contribution in [1.29, 1.82) is 0 Å². The number of piperazine rings is 1. The number of quaternary nitrogens is 1. The molecule has 27 heavy (non-hydrogen) atoms. The zero-order chi connectivity index (χ0) is 19.0. The summed E-state index contributed by atoms with van der Waals surface area (Å²) < 4.78 is 14.0. The van der Waals surface area contributed by atoms with Crippen molar-refractivity contribution in [2.24, 2.45) is 0 Å². The van der Waals surface area contributed by atoms with Gasteiger partial charge in [-0.25, -0.2) is 9.29 Å². The third-order valence-corrected chi connectivity index (χ3v) is 5.85. The fourth-order valence-corrected chi connectivity index (χ4v) is 4.13. The minimum absolute atomic E-state index is 0.118. The molecule has 1 atom stereocenters. The topological polar surface area (TPSA) is 45.1 Å². The Morgan fingerprint density at radius 3 is 2.15 bits per heavy atom. The van der Waals surface area contributed by atoms with Crippen molar-refractivity contribution >= 4 is 39.1 Å². The van der Waals surface area contributed by atoms with Gasteiger partial charge in [0, 0.05) is 10.2 Å². The SMILES string of the molecule is O=C1C[C@H]([NH+]2CCN(c3ccc(F)cc3)CC2)C(=O)N1c1ccc(Br)cc1. The highest BCUT2D eigenvalue weighted by atomic mass is 79.9. The average Bonchev–Trinajstić information content (AvgIpc) is 2.98. The standard InChI is InChI=1S/C20H19BrFN3O2/c21-14-1-5-17(6-2-14)25-19(26)13-18(20(25)27)24-11-9-23(10-12-24)16-7-3-15(22)4-8-16/h1-8,18H,9-13H2/p+1/t18-/m0/s1. The number of rotatable bonds is 3. The summed E-state index contributed by atoms with van der Waals surface area (Å²) in [6.45, 7) is 3.10. The predicted molar refractivity (Wildman–Crippen MR) is 104 cm³/mol. The highest BCUT2D eigenvalue weighted by Gasteiger charge is 2.46. The number of benzene rings is 2. The molecule has 1 N–H and O–H groups in total. The van der Waals surface area contributed by atoms with Crippen molar-refractivity contribution in [3.63, 3.8) is 0 Å². The van der Waals surface area contributed by atoms with E-state index in [2.05, 4.69) is 20.8 Å². The molecular formula is C20H20BrFN3O2+. The van der Waals surface area contributed by atoms with Gasteiger partial charge < -0.3 is 9.80 Å². The van der Waals surface area contributed by atoms with E-state index >= 15 is 0 Å². The lowest BCUT2D eigenvalue weighted by molar-refractivity contribution is -0.915. The number of hydrogen-bond acceptors (Lipinski definition) is 3. The largest absolute Gasteiger partial charge is 0.360 e. The van der Waals surface area contributed by atoms with Gasteiger partial charge in [0.25, 0.3) is 5.91 Å². The Kier molecular flexibility index (Phi) is 4.97. The maximum Gasteiger partial charge on any atom is 0.292 e. The molecule has 2 aliphatic heterocycles.